The fourth-order valence-corrected chi connectivity index (χ4v) is 3.16. The molecule has 0 aromatic carbocycles. The van der Waals surface area contributed by atoms with E-state index in [2.05, 4.69) is 9.97 Å². The molecule has 1 aromatic heterocycles. The number of nitrogens with zero attached hydrogens (tertiary/aromatic N) is 4. The number of anilines is 1. The minimum Gasteiger partial charge on any atom is -0.356 e. The molecule has 1 aromatic rings. The maximum Gasteiger partial charge on any atom is 0.433 e. The highest BCUT2D eigenvalue weighted by Crippen LogP contribution is 2.32. The van der Waals surface area contributed by atoms with Gasteiger partial charge in [-0.2, -0.15) is 13.2 Å². The number of likely N-dealkylation sites (tertiary alicyclic amines) is 1. The quantitative estimate of drug-likeness (QED) is 0.757. The van der Waals surface area contributed by atoms with Gasteiger partial charge in [-0.3, -0.25) is 4.79 Å². The van der Waals surface area contributed by atoms with Crippen molar-refractivity contribution in [1.82, 2.24) is 14.9 Å². The predicted octanol–water partition coefficient (Wildman–Crippen LogP) is 2.58. The van der Waals surface area contributed by atoms with Crippen LogP contribution in [0.3, 0.4) is 0 Å². The van der Waals surface area contributed by atoms with E-state index in [1.54, 1.807) is 4.90 Å². The van der Waals surface area contributed by atoms with E-state index in [1.165, 1.54) is 4.90 Å². The molecule has 138 valence electrons. The summed E-state index contributed by atoms with van der Waals surface area (Å²) in [7, 11) is 0. The Morgan fingerprint density at radius 1 is 1.16 bits per heavy atom. The van der Waals surface area contributed by atoms with Crippen molar-refractivity contribution >= 4 is 11.7 Å². The number of alkyl halides is 5. The number of aromatic nitrogens is 2. The largest absolute Gasteiger partial charge is 0.433 e. The van der Waals surface area contributed by atoms with E-state index >= 15 is 0 Å². The van der Waals surface area contributed by atoms with Gasteiger partial charge in [-0.25, -0.2) is 18.7 Å². The smallest absolute Gasteiger partial charge is 0.356 e. The number of hydrogen-bond donors (Lipinski definition) is 0. The SMILES string of the molecule is O=C(C1CCN(c2cc(C(F)(F)F)ncn2)C1)N1CCC(F)(F)CC1. The topological polar surface area (TPSA) is 49.3 Å². The van der Waals surface area contributed by atoms with Crippen LogP contribution in [0.5, 0.6) is 0 Å². The lowest BCUT2D eigenvalue weighted by Crippen LogP contribution is -2.45. The molecule has 0 saturated carbocycles. The molecule has 3 heterocycles. The maximum atomic E-state index is 13.2. The van der Waals surface area contributed by atoms with Gasteiger partial charge in [-0.15, -0.1) is 0 Å². The Morgan fingerprint density at radius 3 is 2.48 bits per heavy atom. The Labute approximate surface area is 140 Å². The van der Waals surface area contributed by atoms with E-state index in [0.717, 1.165) is 12.4 Å². The summed E-state index contributed by atoms with van der Waals surface area (Å²) in [4.78, 5) is 22.5. The lowest BCUT2D eigenvalue weighted by Gasteiger charge is -2.33. The van der Waals surface area contributed by atoms with E-state index in [-0.39, 0.29) is 44.2 Å². The summed E-state index contributed by atoms with van der Waals surface area (Å²) in [6, 6.07) is 0.855. The Bertz CT molecular complexity index is 641. The monoisotopic (exact) mass is 364 g/mol. The van der Waals surface area contributed by atoms with Crippen molar-refractivity contribution in [2.75, 3.05) is 31.1 Å². The molecule has 25 heavy (non-hydrogen) atoms. The number of carbonyl (C=O) groups is 1. The van der Waals surface area contributed by atoms with Gasteiger partial charge in [0.2, 0.25) is 5.91 Å². The molecule has 10 heteroatoms. The summed E-state index contributed by atoms with van der Waals surface area (Å²) in [5, 5.41) is 0. The highest BCUT2D eigenvalue weighted by molar-refractivity contribution is 5.80. The maximum absolute atomic E-state index is 13.2. The van der Waals surface area contributed by atoms with Crippen LogP contribution < -0.4 is 4.90 Å². The molecule has 2 fully saturated rings. The van der Waals surface area contributed by atoms with Gasteiger partial charge in [0, 0.05) is 45.1 Å². The molecule has 1 atom stereocenters. The van der Waals surface area contributed by atoms with E-state index in [0.29, 0.717) is 13.0 Å². The van der Waals surface area contributed by atoms with Gasteiger partial charge in [-0.05, 0) is 6.42 Å². The minimum atomic E-state index is -4.56. The molecular weight excluding hydrogens is 347 g/mol. The predicted molar refractivity (Wildman–Crippen MR) is 78.1 cm³/mol. The molecule has 2 saturated heterocycles. The zero-order valence-corrected chi connectivity index (χ0v) is 13.3. The van der Waals surface area contributed by atoms with E-state index in [9.17, 15) is 26.7 Å². The van der Waals surface area contributed by atoms with Crippen LogP contribution in [0.2, 0.25) is 0 Å². The van der Waals surface area contributed by atoms with Crippen molar-refractivity contribution < 1.29 is 26.7 Å². The second-order valence-corrected chi connectivity index (χ2v) is 6.37. The second-order valence-electron chi connectivity index (χ2n) is 6.37. The standard InChI is InChI=1S/C15H17F5N4O/c16-14(17)2-5-23(6-3-14)13(25)10-1-4-24(8-10)12-7-11(15(18,19)20)21-9-22-12/h7,9-10H,1-6,8H2. The van der Waals surface area contributed by atoms with E-state index < -0.39 is 23.7 Å². The fraction of sp³-hybridized carbons (Fsp3) is 0.667. The van der Waals surface area contributed by atoms with Crippen molar-refractivity contribution in [1.29, 1.82) is 0 Å². The Balaban J connectivity index is 1.63. The van der Waals surface area contributed by atoms with Gasteiger partial charge in [-0.1, -0.05) is 0 Å². The summed E-state index contributed by atoms with van der Waals surface area (Å²) >= 11 is 0. The zero-order valence-electron chi connectivity index (χ0n) is 13.3. The first-order valence-electron chi connectivity index (χ1n) is 7.96. The van der Waals surface area contributed by atoms with Crippen molar-refractivity contribution in [3.63, 3.8) is 0 Å². The summed E-state index contributed by atoms with van der Waals surface area (Å²) in [6.07, 6.45) is -3.96. The first-order valence-corrected chi connectivity index (χ1v) is 7.96. The lowest BCUT2D eigenvalue weighted by atomic mass is 10.0. The Kier molecular flexibility index (Phi) is 4.54. The van der Waals surface area contributed by atoms with E-state index in [4.69, 9.17) is 0 Å². The third-order valence-corrected chi connectivity index (χ3v) is 4.61. The van der Waals surface area contributed by atoms with Crippen LogP contribution in [0, 0.1) is 5.92 Å². The van der Waals surface area contributed by atoms with Gasteiger partial charge in [0.15, 0.2) is 0 Å². The molecule has 3 rings (SSSR count). The Morgan fingerprint density at radius 2 is 1.84 bits per heavy atom. The van der Waals surface area contributed by atoms with Crippen LogP contribution in [-0.2, 0) is 11.0 Å². The molecule has 0 aliphatic carbocycles. The number of amides is 1. The van der Waals surface area contributed by atoms with Crippen molar-refractivity contribution in [3.8, 4) is 0 Å². The molecule has 1 unspecified atom stereocenters. The summed E-state index contributed by atoms with van der Waals surface area (Å²) < 4.78 is 64.6. The molecular formula is C15H17F5N4O. The molecule has 1 amide bonds. The molecule has 2 aliphatic heterocycles. The van der Waals surface area contributed by atoms with Crippen LogP contribution in [0.15, 0.2) is 12.4 Å². The van der Waals surface area contributed by atoms with Crippen LogP contribution in [-0.4, -0.2) is 52.9 Å². The Hall–Kier alpha value is -2.00. The third-order valence-electron chi connectivity index (χ3n) is 4.61. The first kappa shape index (κ1) is 17.8. The summed E-state index contributed by atoms with van der Waals surface area (Å²) in [5.74, 6) is -3.25. The normalized spacial score (nSPS) is 23.8. The summed E-state index contributed by atoms with van der Waals surface area (Å²) in [6.45, 7) is 0.622. The van der Waals surface area contributed by atoms with Gasteiger partial charge in [0.25, 0.3) is 5.92 Å². The van der Waals surface area contributed by atoms with Crippen molar-refractivity contribution in [2.45, 2.75) is 31.4 Å². The fourth-order valence-electron chi connectivity index (χ4n) is 3.16. The van der Waals surface area contributed by atoms with Crippen molar-refractivity contribution in [3.05, 3.63) is 18.1 Å². The molecule has 5 nitrogen and oxygen atoms in total. The molecule has 0 spiro atoms. The number of piperidine rings is 1. The van der Waals surface area contributed by atoms with Crippen molar-refractivity contribution in [2.24, 2.45) is 5.92 Å². The van der Waals surface area contributed by atoms with Crippen LogP contribution >= 0.6 is 0 Å². The van der Waals surface area contributed by atoms with Crippen LogP contribution in [0.4, 0.5) is 27.8 Å². The highest BCUT2D eigenvalue weighted by Gasteiger charge is 2.39. The molecule has 0 N–H and O–H groups in total. The van der Waals surface area contributed by atoms with Gasteiger partial charge < -0.3 is 9.80 Å². The highest BCUT2D eigenvalue weighted by atomic mass is 19.4. The average molecular weight is 364 g/mol. The lowest BCUT2D eigenvalue weighted by molar-refractivity contribution is -0.142. The van der Waals surface area contributed by atoms with Crippen LogP contribution in [0.25, 0.3) is 0 Å². The second kappa shape index (κ2) is 6.38. The van der Waals surface area contributed by atoms with Crippen LogP contribution in [0.1, 0.15) is 25.0 Å². The number of halogens is 5. The zero-order chi connectivity index (χ0) is 18.2. The third kappa shape index (κ3) is 3.98. The van der Waals surface area contributed by atoms with Gasteiger partial charge in [0.1, 0.15) is 17.8 Å². The molecule has 2 aliphatic rings. The number of rotatable bonds is 2. The average Bonchev–Trinajstić information content (AvgIpc) is 3.03. The van der Waals surface area contributed by atoms with E-state index in [1.807, 2.05) is 0 Å². The first-order chi connectivity index (χ1) is 11.7. The minimum absolute atomic E-state index is 0.00800. The number of carbonyl (C=O) groups excluding carboxylic acids is 1. The van der Waals surface area contributed by atoms with Gasteiger partial charge >= 0.3 is 6.18 Å². The molecule has 0 radical (unpaired) electrons. The summed E-state index contributed by atoms with van der Waals surface area (Å²) in [5.41, 5.74) is -1.04. The van der Waals surface area contributed by atoms with Gasteiger partial charge in [0.05, 0.1) is 5.92 Å². The molecule has 0 bridgehead atoms. The number of hydrogen-bond acceptors (Lipinski definition) is 4.